The molecule has 1 aliphatic carbocycles. The van der Waals surface area contributed by atoms with Crippen LogP contribution in [-0.4, -0.2) is 10.9 Å². The molecule has 0 amide bonds. The molecule has 0 aliphatic heterocycles. The number of alkyl halides is 2. The Bertz CT molecular complexity index is 557. The van der Waals surface area contributed by atoms with Gasteiger partial charge in [0.2, 0.25) is 0 Å². The van der Waals surface area contributed by atoms with Crippen LogP contribution in [-0.2, 0) is 12.8 Å². The third-order valence-electron chi connectivity index (χ3n) is 2.99. The highest BCUT2D eigenvalue weighted by Crippen LogP contribution is 2.42. The van der Waals surface area contributed by atoms with E-state index in [0.29, 0.717) is 6.42 Å². The molecule has 0 spiro atoms. The second-order valence-corrected chi connectivity index (χ2v) is 6.20. The minimum absolute atomic E-state index is 0.0336. The van der Waals surface area contributed by atoms with Gasteiger partial charge in [0.15, 0.2) is 0 Å². The van der Waals surface area contributed by atoms with E-state index < -0.39 is 5.92 Å². The molecule has 3 rings (SSSR count). The Morgan fingerprint density at radius 1 is 1.29 bits per heavy atom. The molecule has 1 aliphatic rings. The fourth-order valence-corrected chi connectivity index (χ4v) is 4.21. The number of nitrogens with zero attached hydrogens (tertiary/aromatic N) is 1. The van der Waals surface area contributed by atoms with Crippen LogP contribution in [0.1, 0.15) is 22.6 Å². The summed E-state index contributed by atoms with van der Waals surface area (Å²) >= 11 is 3.03. The molecule has 5 heteroatoms. The van der Waals surface area contributed by atoms with Gasteiger partial charge >= 0.3 is 0 Å². The van der Waals surface area contributed by atoms with Crippen LogP contribution in [0.3, 0.4) is 0 Å². The van der Waals surface area contributed by atoms with Crippen LogP contribution < -0.4 is 0 Å². The maximum Gasteiger partial charge on any atom is 0.253 e. The molecule has 0 N–H and O–H groups in total. The van der Waals surface area contributed by atoms with Crippen LogP contribution in [0.25, 0.3) is 10.6 Å². The maximum absolute atomic E-state index is 13.3. The molecular formula is C12H11F2NS2. The minimum Gasteiger partial charge on any atom is -0.241 e. The first-order valence-electron chi connectivity index (χ1n) is 5.45. The lowest BCUT2D eigenvalue weighted by Gasteiger charge is -2.22. The number of hydrogen-bond donors (Lipinski definition) is 0. The van der Waals surface area contributed by atoms with E-state index in [1.807, 2.05) is 17.7 Å². The van der Waals surface area contributed by atoms with Crippen LogP contribution in [0.5, 0.6) is 0 Å². The molecule has 1 nitrogen and oxygen atoms in total. The second-order valence-electron chi connectivity index (χ2n) is 4.38. The fraction of sp³-hybridized carbons (Fsp3) is 0.417. The van der Waals surface area contributed by atoms with Crippen molar-refractivity contribution in [1.82, 2.24) is 4.98 Å². The summed E-state index contributed by atoms with van der Waals surface area (Å²) in [6.07, 6.45) is 0.339. The van der Waals surface area contributed by atoms with Gasteiger partial charge in [-0.05, 0) is 18.9 Å². The summed E-state index contributed by atoms with van der Waals surface area (Å²) in [5.41, 5.74) is 3.15. The molecule has 0 aromatic carbocycles. The summed E-state index contributed by atoms with van der Waals surface area (Å²) < 4.78 is 26.6. The first-order chi connectivity index (χ1) is 8.05. The number of fused-ring (bicyclic) bond motifs is 1. The normalized spacial score (nSPS) is 18.1. The molecule has 0 fully saturated rings. The van der Waals surface area contributed by atoms with Crippen LogP contribution in [0.4, 0.5) is 8.78 Å². The van der Waals surface area contributed by atoms with Crippen LogP contribution in [0.15, 0.2) is 10.8 Å². The van der Waals surface area contributed by atoms with Crippen LogP contribution in [0.2, 0.25) is 0 Å². The summed E-state index contributed by atoms with van der Waals surface area (Å²) in [6, 6.07) is 0. The second kappa shape index (κ2) is 3.85. The number of aromatic nitrogens is 1. The lowest BCUT2D eigenvalue weighted by molar-refractivity contribution is -0.0111. The topological polar surface area (TPSA) is 12.9 Å². The zero-order chi connectivity index (χ0) is 12.0. The molecule has 0 unspecified atom stereocenters. The van der Waals surface area contributed by atoms with Crippen molar-refractivity contribution in [2.24, 2.45) is 0 Å². The standard InChI is InChI=1S/C12H11F2NS2/c1-7-5-17-11(15-7)9-6-16-10-4-12(13,14)3-2-8(9)10/h5-6H,2-4H2,1H3. The Kier molecular flexibility index (Phi) is 2.56. The maximum atomic E-state index is 13.3. The summed E-state index contributed by atoms with van der Waals surface area (Å²) in [4.78, 5) is 5.27. The van der Waals surface area contributed by atoms with Gasteiger partial charge in [0, 0.05) is 39.7 Å². The lowest BCUT2D eigenvalue weighted by atomic mass is 9.93. The predicted molar refractivity (Wildman–Crippen MR) is 67.1 cm³/mol. The first-order valence-corrected chi connectivity index (χ1v) is 7.21. The van der Waals surface area contributed by atoms with E-state index >= 15 is 0 Å². The van der Waals surface area contributed by atoms with Gasteiger partial charge in [-0.3, -0.25) is 0 Å². The molecule has 0 saturated heterocycles. The first kappa shape index (κ1) is 11.3. The van der Waals surface area contributed by atoms with Gasteiger partial charge in [-0.2, -0.15) is 0 Å². The monoisotopic (exact) mass is 271 g/mol. The Balaban J connectivity index is 2.02. The number of rotatable bonds is 1. The summed E-state index contributed by atoms with van der Waals surface area (Å²) in [5, 5.41) is 4.94. The molecule has 0 bridgehead atoms. The zero-order valence-corrected chi connectivity index (χ0v) is 10.9. The minimum atomic E-state index is -2.52. The van der Waals surface area contributed by atoms with E-state index in [4.69, 9.17) is 0 Å². The van der Waals surface area contributed by atoms with Gasteiger partial charge in [0.05, 0.1) is 0 Å². The highest BCUT2D eigenvalue weighted by molar-refractivity contribution is 7.14. The van der Waals surface area contributed by atoms with Crippen molar-refractivity contribution in [1.29, 1.82) is 0 Å². The van der Waals surface area contributed by atoms with E-state index in [2.05, 4.69) is 4.98 Å². The quantitative estimate of drug-likeness (QED) is 0.753. The highest BCUT2D eigenvalue weighted by atomic mass is 32.1. The van der Waals surface area contributed by atoms with Crippen molar-refractivity contribution in [3.63, 3.8) is 0 Å². The lowest BCUT2D eigenvalue weighted by Crippen LogP contribution is -2.24. The summed E-state index contributed by atoms with van der Waals surface area (Å²) in [6.45, 7) is 1.95. The van der Waals surface area contributed by atoms with Crippen molar-refractivity contribution in [3.8, 4) is 10.6 Å². The van der Waals surface area contributed by atoms with Crippen molar-refractivity contribution < 1.29 is 8.78 Å². The largest absolute Gasteiger partial charge is 0.253 e. The van der Waals surface area contributed by atoms with Crippen molar-refractivity contribution >= 4 is 22.7 Å². The van der Waals surface area contributed by atoms with Gasteiger partial charge in [-0.1, -0.05) is 0 Å². The van der Waals surface area contributed by atoms with E-state index in [-0.39, 0.29) is 12.8 Å². The molecule has 0 radical (unpaired) electrons. The number of halogens is 2. The Morgan fingerprint density at radius 3 is 2.82 bits per heavy atom. The molecule has 2 heterocycles. The van der Waals surface area contributed by atoms with Crippen LogP contribution in [0, 0.1) is 6.92 Å². The molecule has 0 atom stereocenters. The molecule has 90 valence electrons. The Hall–Kier alpha value is -0.810. The molecule has 2 aromatic heterocycles. The Morgan fingerprint density at radius 2 is 2.12 bits per heavy atom. The van der Waals surface area contributed by atoms with Gasteiger partial charge < -0.3 is 0 Å². The SMILES string of the molecule is Cc1csc(-c2csc3c2CCC(F)(F)C3)n1. The zero-order valence-electron chi connectivity index (χ0n) is 9.30. The van der Waals surface area contributed by atoms with Crippen molar-refractivity contribution in [2.75, 3.05) is 0 Å². The van der Waals surface area contributed by atoms with Gasteiger partial charge in [0.25, 0.3) is 5.92 Å². The summed E-state index contributed by atoms with van der Waals surface area (Å²) in [5.74, 6) is -2.52. The molecule has 17 heavy (non-hydrogen) atoms. The third kappa shape index (κ3) is 2.02. The van der Waals surface area contributed by atoms with E-state index in [1.54, 1.807) is 11.3 Å². The third-order valence-corrected chi connectivity index (χ3v) is 5.01. The number of hydrogen-bond acceptors (Lipinski definition) is 3. The fourth-order valence-electron chi connectivity index (χ4n) is 2.13. The van der Waals surface area contributed by atoms with Gasteiger partial charge in [0.1, 0.15) is 5.01 Å². The smallest absolute Gasteiger partial charge is 0.241 e. The Labute approximate surface area is 106 Å². The van der Waals surface area contributed by atoms with Crippen molar-refractivity contribution in [3.05, 3.63) is 26.9 Å². The molecule has 0 saturated carbocycles. The van der Waals surface area contributed by atoms with E-state index in [1.165, 1.54) is 11.3 Å². The van der Waals surface area contributed by atoms with Crippen LogP contribution >= 0.6 is 22.7 Å². The molecular weight excluding hydrogens is 260 g/mol. The number of aryl methyl sites for hydroxylation is 1. The number of thiazole rings is 1. The van der Waals surface area contributed by atoms with E-state index in [9.17, 15) is 8.78 Å². The summed E-state index contributed by atoms with van der Waals surface area (Å²) in [7, 11) is 0. The van der Waals surface area contributed by atoms with E-state index in [0.717, 1.165) is 26.7 Å². The highest BCUT2D eigenvalue weighted by Gasteiger charge is 2.36. The molecule has 2 aromatic rings. The van der Waals surface area contributed by atoms with Gasteiger partial charge in [-0.25, -0.2) is 13.8 Å². The van der Waals surface area contributed by atoms with Gasteiger partial charge in [-0.15, -0.1) is 22.7 Å². The average molecular weight is 271 g/mol. The van der Waals surface area contributed by atoms with Crippen molar-refractivity contribution in [2.45, 2.75) is 32.1 Å². The predicted octanol–water partition coefficient (Wildman–Crippen LogP) is 4.30. The average Bonchev–Trinajstić information content (AvgIpc) is 2.82. The number of thiophene rings is 1.